The highest BCUT2D eigenvalue weighted by Crippen LogP contribution is 2.52. The number of hydrogen-bond donors (Lipinski definition) is 0. The zero-order valence-electron chi connectivity index (χ0n) is 59.9. The summed E-state index contributed by atoms with van der Waals surface area (Å²) in [5.41, 5.74) is 15.9. The van der Waals surface area contributed by atoms with Crippen molar-refractivity contribution >= 4 is 66.6 Å². The number of nitriles is 4. The second-order valence-electron chi connectivity index (χ2n) is 34.3. The van der Waals surface area contributed by atoms with Crippen molar-refractivity contribution in [2.75, 3.05) is 29.4 Å². The zero-order valence-corrected chi connectivity index (χ0v) is 59.9. The van der Waals surface area contributed by atoms with Crippen molar-refractivity contribution in [3.63, 3.8) is 0 Å². The molecule has 1 unspecified atom stereocenters. The van der Waals surface area contributed by atoms with Crippen molar-refractivity contribution in [3.05, 3.63) is 210 Å². The second kappa shape index (κ2) is 23.3. The third-order valence-electron chi connectivity index (χ3n) is 22.2. The van der Waals surface area contributed by atoms with Crippen LogP contribution in [0.3, 0.4) is 0 Å². The van der Waals surface area contributed by atoms with Crippen LogP contribution in [-0.2, 0) is 54.8 Å². The largest absolute Gasteiger partial charge is 0.462 e. The molecule has 0 fully saturated rings. The van der Waals surface area contributed by atoms with E-state index in [0.29, 0.717) is 46.6 Å². The highest BCUT2D eigenvalue weighted by atomic mass is 16.5. The Morgan fingerprint density at radius 2 is 0.948 bits per heavy atom. The Bertz CT molecular complexity index is 4810. The molecule has 1 atom stereocenters. The molecule has 0 bridgehead atoms. The number of benzene rings is 7. The van der Waals surface area contributed by atoms with Gasteiger partial charge in [-0.1, -0.05) is 154 Å². The monoisotopic (exact) mass is 1270 g/mol. The summed E-state index contributed by atoms with van der Waals surface area (Å²) in [6.45, 7) is 42.7. The Kier molecular flexibility index (Phi) is 15.9. The number of ether oxygens (including phenoxy) is 2. The number of rotatable bonds is 10. The summed E-state index contributed by atoms with van der Waals surface area (Å²) in [5.74, 6) is 2.10. The first-order valence-electron chi connectivity index (χ1n) is 35.0. The maximum absolute atomic E-state index is 10.2. The topological polar surface area (TPSA) is 120 Å². The SMILES string of the molecule is CC(C)(CC1=CC(=C(C#N)C#N)C=C(/C=C/c2cc3c4c(c2)CCC(CC(C)(C)c2cc5cc(C(C)(C)C)cc6c7cc(C(C)(C)C)cc8cc(C(C)(C)C)cc(c(c2)c56)c87)N4CCC3)O1)C1=CC(=C(C#N)C#N)C=C(/C=C/c2cc3c4c(c2)C(C)(C)CCN4CCC3(C)C)O1. The molecule has 0 aromatic heterocycles. The van der Waals surface area contributed by atoms with E-state index in [2.05, 4.69) is 223 Å². The molecule has 96 heavy (non-hydrogen) atoms. The predicted molar refractivity (Wildman–Crippen MR) is 397 cm³/mol. The van der Waals surface area contributed by atoms with Gasteiger partial charge in [-0.3, -0.25) is 0 Å². The molecule has 7 aromatic rings. The number of fused-ring (bicyclic) bond motifs is 2. The van der Waals surface area contributed by atoms with Crippen LogP contribution in [0.25, 0.3) is 55.2 Å². The first-order chi connectivity index (χ1) is 45.2. The minimum absolute atomic E-state index is 0.00608. The third kappa shape index (κ3) is 11.9. The van der Waals surface area contributed by atoms with E-state index in [1.54, 1.807) is 24.3 Å². The van der Waals surface area contributed by atoms with Gasteiger partial charge < -0.3 is 19.3 Å². The predicted octanol–water partition coefficient (Wildman–Crippen LogP) is 21.7. The van der Waals surface area contributed by atoms with Gasteiger partial charge in [0.05, 0.1) is 0 Å². The zero-order chi connectivity index (χ0) is 68.6. The average Bonchev–Trinajstić information content (AvgIpc) is 0.706. The van der Waals surface area contributed by atoms with Crippen LogP contribution in [0.2, 0.25) is 0 Å². The third-order valence-corrected chi connectivity index (χ3v) is 22.2. The number of hydrogen-bond acceptors (Lipinski definition) is 8. The number of aryl methyl sites for hydroxylation is 2. The van der Waals surface area contributed by atoms with Crippen LogP contribution in [0.15, 0.2) is 155 Å². The van der Waals surface area contributed by atoms with E-state index in [4.69, 9.17) is 9.47 Å². The Hall–Kier alpha value is -9.08. The Morgan fingerprint density at radius 3 is 1.44 bits per heavy atom. The van der Waals surface area contributed by atoms with Gasteiger partial charge in [-0.2, -0.15) is 21.0 Å². The Labute approximate surface area is 570 Å². The fourth-order valence-electron chi connectivity index (χ4n) is 16.2. The molecule has 0 radical (unpaired) electrons. The van der Waals surface area contributed by atoms with Crippen LogP contribution in [0.5, 0.6) is 0 Å². The lowest BCUT2D eigenvalue weighted by atomic mass is 9.69. The quantitative estimate of drug-likeness (QED) is 0.0754. The molecule has 6 aliphatic heterocycles. The van der Waals surface area contributed by atoms with Crippen molar-refractivity contribution in [2.24, 2.45) is 5.41 Å². The van der Waals surface area contributed by atoms with Crippen LogP contribution in [0, 0.1) is 50.7 Å². The minimum atomic E-state index is -0.758. The molecule has 0 spiro atoms. The lowest BCUT2D eigenvalue weighted by molar-refractivity contribution is 0.183. The van der Waals surface area contributed by atoms with Crippen molar-refractivity contribution in [2.45, 2.75) is 208 Å². The number of allylic oxidation sites excluding steroid dienone is 12. The van der Waals surface area contributed by atoms with Crippen LogP contribution >= 0.6 is 0 Å². The maximum atomic E-state index is 10.2. The van der Waals surface area contributed by atoms with Gasteiger partial charge in [-0.05, 0) is 261 Å². The van der Waals surface area contributed by atoms with Crippen LogP contribution < -0.4 is 9.80 Å². The molecule has 488 valence electrons. The summed E-state index contributed by atoms with van der Waals surface area (Å²) in [4.78, 5) is 5.32. The summed E-state index contributed by atoms with van der Waals surface area (Å²) in [5, 5.41) is 51.7. The summed E-state index contributed by atoms with van der Waals surface area (Å²) in [7, 11) is 0. The number of nitrogens with zero attached hydrogens (tertiary/aromatic N) is 6. The van der Waals surface area contributed by atoms with Crippen molar-refractivity contribution < 1.29 is 9.47 Å². The smallest absolute Gasteiger partial charge is 0.137 e. The molecule has 8 heteroatoms. The van der Waals surface area contributed by atoms with Crippen molar-refractivity contribution in [1.82, 2.24) is 0 Å². The summed E-state index contributed by atoms with van der Waals surface area (Å²) in [6.07, 6.45) is 22.8. The van der Waals surface area contributed by atoms with E-state index >= 15 is 0 Å². The van der Waals surface area contributed by atoms with Crippen LogP contribution in [0.1, 0.15) is 212 Å². The summed E-state index contributed by atoms with van der Waals surface area (Å²) >= 11 is 0. The molecule has 7 aromatic carbocycles. The van der Waals surface area contributed by atoms with E-state index in [1.807, 2.05) is 26.0 Å². The Morgan fingerprint density at radius 1 is 0.500 bits per heavy atom. The fraction of sp³-hybridized carbons (Fsp3) is 0.409. The van der Waals surface area contributed by atoms with E-state index in [-0.39, 0.29) is 43.6 Å². The lowest BCUT2D eigenvalue weighted by Crippen LogP contribution is -2.45. The fourth-order valence-corrected chi connectivity index (χ4v) is 16.2. The lowest BCUT2D eigenvalue weighted by Gasteiger charge is -2.48. The molecule has 0 aliphatic carbocycles. The van der Waals surface area contributed by atoms with Crippen LogP contribution in [0.4, 0.5) is 11.4 Å². The molecule has 0 N–H and O–H groups in total. The van der Waals surface area contributed by atoms with E-state index < -0.39 is 5.41 Å². The Balaban J connectivity index is 0.772. The van der Waals surface area contributed by atoms with Gasteiger partial charge in [-0.15, -0.1) is 0 Å². The standard InChI is InChI=1S/C88H94N6O2/c1-82(2,3)63-35-59-36-64(83(4,5)6)45-73-74-46-66(38-60-37-65(84(7,8)9)44-72(79(60)74)71(43-63)78(59)73)87(14,15)47-67-23-22-56-32-53(31-55-19-18-28-94(67)80(55)56)20-24-68-39-57(61(49-89)50-90)41-70(95-68)48-88(16,17)77-42-58(62(51-91)52-92)40-69(96-77)25-21-54-33-75-81-76(34-54)86(12,13)27-30-93(81)29-26-85(75,10)11/h20-21,24-25,31-46,67H,18-19,22-23,26-30,47-48H2,1-17H3/b24-20+,25-21+. The maximum Gasteiger partial charge on any atom is 0.137 e. The summed E-state index contributed by atoms with van der Waals surface area (Å²) in [6, 6.07) is 38.3. The normalized spacial score (nSPS) is 18.7. The second-order valence-corrected chi connectivity index (χ2v) is 34.3. The van der Waals surface area contributed by atoms with Gasteiger partial charge in [0, 0.05) is 60.0 Å². The molecule has 8 nitrogen and oxygen atoms in total. The average molecular weight is 1270 g/mol. The van der Waals surface area contributed by atoms with E-state index in [1.165, 1.54) is 99.0 Å². The van der Waals surface area contributed by atoms with E-state index in [0.717, 1.165) is 75.7 Å². The molecule has 13 rings (SSSR count). The molecule has 0 saturated carbocycles. The molecular weight excluding hydrogens is 1170 g/mol. The highest BCUT2D eigenvalue weighted by Gasteiger charge is 2.41. The van der Waals surface area contributed by atoms with Crippen molar-refractivity contribution in [3.8, 4) is 24.3 Å². The van der Waals surface area contributed by atoms with Crippen molar-refractivity contribution in [1.29, 1.82) is 21.0 Å². The van der Waals surface area contributed by atoms with Gasteiger partial charge in [0.2, 0.25) is 0 Å². The first-order valence-corrected chi connectivity index (χ1v) is 35.0. The van der Waals surface area contributed by atoms with Gasteiger partial charge >= 0.3 is 0 Å². The molecule has 6 heterocycles. The van der Waals surface area contributed by atoms with Crippen LogP contribution in [-0.4, -0.2) is 25.7 Å². The molecule has 6 aliphatic rings. The van der Waals surface area contributed by atoms with Gasteiger partial charge in [0.1, 0.15) is 58.5 Å². The minimum Gasteiger partial charge on any atom is -0.462 e. The van der Waals surface area contributed by atoms with Gasteiger partial charge in [-0.25, -0.2) is 0 Å². The van der Waals surface area contributed by atoms with E-state index in [9.17, 15) is 21.0 Å². The highest BCUT2D eigenvalue weighted by molar-refractivity contribution is 6.33. The molecule has 0 saturated heterocycles. The number of anilines is 2. The molecular formula is C88H94N6O2. The van der Waals surface area contributed by atoms with Gasteiger partial charge in [0.25, 0.3) is 0 Å². The molecule has 0 amide bonds. The first kappa shape index (κ1) is 65.6. The van der Waals surface area contributed by atoms with Gasteiger partial charge in [0.15, 0.2) is 0 Å². The summed E-state index contributed by atoms with van der Waals surface area (Å²) < 4.78 is 13.5.